The molecule has 0 bridgehead atoms. The second kappa shape index (κ2) is 10.8. The maximum atomic E-state index is 13.3. The quantitative estimate of drug-likeness (QED) is 0.553. The van der Waals surface area contributed by atoms with Gasteiger partial charge in [0.25, 0.3) is 0 Å². The van der Waals surface area contributed by atoms with Crippen molar-refractivity contribution in [2.45, 2.75) is 6.42 Å². The summed E-state index contributed by atoms with van der Waals surface area (Å²) in [6.07, 6.45) is 2.64. The normalized spacial score (nSPS) is 14.7. The average Bonchev–Trinajstić information content (AvgIpc) is 3.14. The molecule has 3 N–H and O–H groups in total. The van der Waals surface area contributed by atoms with Crippen molar-refractivity contribution in [1.29, 1.82) is 0 Å². The Morgan fingerprint density at radius 3 is 2.30 bits per heavy atom. The number of nitrogens with zero attached hydrogens (tertiary/aromatic N) is 1. The van der Waals surface area contributed by atoms with E-state index in [0.717, 1.165) is 21.9 Å². The smallest absolute Gasteiger partial charge is 0.314 e. The van der Waals surface area contributed by atoms with E-state index in [0.29, 0.717) is 19.5 Å². The van der Waals surface area contributed by atoms with Gasteiger partial charge >= 0.3 is 6.03 Å². The lowest BCUT2D eigenvalue weighted by atomic mass is 10.1. The van der Waals surface area contributed by atoms with Crippen LogP contribution in [0.4, 0.5) is 13.6 Å². The fourth-order valence-corrected chi connectivity index (χ4v) is 3.94. The van der Waals surface area contributed by atoms with Gasteiger partial charge in [0.2, 0.25) is 0 Å². The number of carbonyl (C=O) groups excluding carboxylic acids is 1. The van der Waals surface area contributed by atoms with Crippen LogP contribution in [-0.2, 0) is 0 Å². The summed E-state index contributed by atoms with van der Waals surface area (Å²) >= 11 is 1.54. The molecule has 1 heterocycles. The van der Waals surface area contributed by atoms with Crippen LogP contribution in [-0.4, -0.2) is 42.3 Å². The van der Waals surface area contributed by atoms with Gasteiger partial charge in [0.1, 0.15) is 11.6 Å². The second-order valence-corrected chi connectivity index (χ2v) is 7.46. The van der Waals surface area contributed by atoms with Gasteiger partial charge in [0, 0.05) is 25.0 Å². The summed E-state index contributed by atoms with van der Waals surface area (Å²) in [4.78, 5) is 13.7. The number of carbonyl (C=O) groups is 1. The highest BCUT2D eigenvalue weighted by Crippen LogP contribution is 2.40. The molecule has 2 aromatic carbocycles. The highest BCUT2D eigenvalue weighted by atomic mass is 32.2. The molecular formula is C22H23F2N3O2S. The fourth-order valence-electron chi connectivity index (χ4n) is 2.92. The van der Waals surface area contributed by atoms with Gasteiger partial charge < -0.3 is 20.6 Å². The third-order valence-corrected chi connectivity index (χ3v) is 5.31. The molecule has 0 fully saturated rings. The van der Waals surface area contributed by atoms with Crippen LogP contribution in [0.15, 0.2) is 59.0 Å². The van der Waals surface area contributed by atoms with Crippen LogP contribution < -0.4 is 10.6 Å². The molecule has 5 nitrogen and oxygen atoms in total. The van der Waals surface area contributed by atoms with Gasteiger partial charge in [0.05, 0.1) is 17.3 Å². The van der Waals surface area contributed by atoms with Crippen molar-refractivity contribution in [3.8, 4) is 0 Å². The van der Waals surface area contributed by atoms with E-state index in [1.807, 2.05) is 11.5 Å². The molecule has 0 aliphatic carbocycles. The van der Waals surface area contributed by atoms with Gasteiger partial charge in [-0.3, -0.25) is 0 Å². The minimum absolute atomic E-state index is 0.109. The minimum atomic E-state index is -0.323. The van der Waals surface area contributed by atoms with Gasteiger partial charge in [-0.2, -0.15) is 0 Å². The molecule has 0 radical (unpaired) electrons. The van der Waals surface area contributed by atoms with E-state index in [1.54, 1.807) is 36.0 Å². The molecule has 0 saturated heterocycles. The molecule has 2 amide bonds. The highest BCUT2D eigenvalue weighted by Gasteiger charge is 2.22. The number of benzene rings is 2. The van der Waals surface area contributed by atoms with Gasteiger partial charge in [-0.25, -0.2) is 13.6 Å². The maximum Gasteiger partial charge on any atom is 0.314 e. The fraction of sp³-hybridized carbons (Fsp3) is 0.227. The van der Waals surface area contributed by atoms with E-state index >= 15 is 0 Å². The third-order valence-electron chi connectivity index (χ3n) is 4.39. The molecule has 0 spiro atoms. The number of urea groups is 1. The van der Waals surface area contributed by atoms with Crippen molar-refractivity contribution in [3.05, 3.63) is 81.7 Å². The Bertz CT molecular complexity index is 915. The Morgan fingerprint density at radius 1 is 1.00 bits per heavy atom. The first-order chi connectivity index (χ1) is 14.6. The van der Waals surface area contributed by atoms with Gasteiger partial charge in [-0.05, 0) is 60.0 Å². The number of amides is 2. The Labute approximate surface area is 178 Å². The maximum absolute atomic E-state index is 13.3. The molecule has 0 atom stereocenters. The molecule has 1 aliphatic rings. The zero-order valence-corrected chi connectivity index (χ0v) is 17.1. The Kier molecular flexibility index (Phi) is 7.87. The molecule has 2 aromatic rings. The summed E-state index contributed by atoms with van der Waals surface area (Å²) < 4.78 is 26.5. The lowest BCUT2D eigenvalue weighted by molar-refractivity contribution is 0.234. The van der Waals surface area contributed by atoms with Crippen molar-refractivity contribution < 1.29 is 18.7 Å². The Balaban J connectivity index is 1.70. The van der Waals surface area contributed by atoms with Crippen LogP contribution in [0, 0.1) is 11.6 Å². The zero-order chi connectivity index (χ0) is 21.3. The monoisotopic (exact) mass is 431 g/mol. The lowest BCUT2D eigenvalue weighted by Gasteiger charge is -2.24. The van der Waals surface area contributed by atoms with E-state index < -0.39 is 0 Å². The molecular weight excluding hydrogens is 408 g/mol. The summed E-state index contributed by atoms with van der Waals surface area (Å²) in [7, 11) is 0. The summed E-state index contributed by atoms with van der Waals surface area (Å²) in [5.74, 6) is -0.583. The largest absolute Gasteiger partial charge is 0.395 e. The third kappa shape index (κ3) is 6.08. The number of halogens is 2. The minimum Gasteiger partial charge on any atom is -0.395 e. The summed E-state index contributed by atoms with van der Waals surface area (Å²) in [6.45, 7) is 1.18. The van der Waals surface area contributed by atoms with E-state index in [1.165, 1.54) is 24.3 Å². The number of aliphatic hydroxyl groups excluding tert-OH is 1. The number of thioether (sulfide) groups is 1. The van der Waals surface area contributed by atoms with Crippen LogP contribution in [0.1, 0.15) is 17.5 Å². The van der Waals surface area contributed by atoms with Crippen LogP contribution in [0.3, 0.4) is 0 Å². The first kappa shape index (κ1) is 21.9. The van der Waals surface area contributed by atoms with E-state index in [4.69, 9.17) is 5.11 Å². The van der Waals surface area contributed by atoms with E-state index in [-0.39, 0.29) is 30.8 Å². The van der Waals surface area contributed by atoms with E-state index in [2.05, 4.69) is 15.5 Å². The standard InChI is InChI=1S/C22H23F2N3O2S/c23-18-6-2-16(3-7-18)14-21-27(12-1-10-25-22(29)26-11-13-28)20(15-30-21)17-4-8-19(24)9-5-17/h2-9,14-15,28H,1,10-13H2,(H2,25,26,29)/b21-14-. The predicted octanol–water partition coefficient (Wildman–Crippen LogP) is 3.99. The topological polar surface area (TPSA) is 64.6 Å². The van der Waals surface area contributed by atoms with Crippen LogP contribution >= 0.6 is 11.8 Å². The van der Waals surface area contributed by atoms with Crippen molar-refractivity contribution in [2.24, 2.45) is 0 Å². The Hall–Kier alpha value is -2.84. The van der Waals surface area contributed by atoms with Crippen molar-refractivity contribution in [1.82, 2.24) is 15.5 Å². The van der Waals surface area contributed by atoms with Crippen molar-refractivity contribution in [3.63, 3.8) is 0 Å². The van der Waals surface area contributed by atoms with Crippen LogP contribution in [0.25, 0.3) is 11.8 Å². The average molecular weight is 432 g/mol. The second-order valence-electron chi connectivity index (χ2n) is 6.57. The molecule has 3 rings (SSSR count). The molecule has 0 saturated carbocycles. The number of hydrogen-bond acceptors (Lipinski definition) is 4. The zero-order valence-electron chi connectivity index (χ0n) is 16.3. The summed E-state index contributed by atoms with van der Waals surface area (Å²) in [5.41, 5.74) is 2.71. The first-order valence-electron chi connectivity index (χ1n) is 9.57. The predicted molar refractivity (Wildman–Crippen MR) is 116 cm³/mol. The van der Waals surface area contributed by atoms with Gasteiger partial charge in [-0.15, -0.1) is 0 Å². The number of aliphatic hydroxyl groups is 1. The van der Waals surface area contributed by atoms with Crippen molar-refractivity contribution >= 4 is 29.6 Å². The highest BCUT2D eigenvalue weighted by molar-refractivity contribution is 8.06. The molecule has 0 aromatic heterocycles. The summed E-state index contributed by atoms with van der Waals surface area (Å²) in [6, 6.07) is 12.2. The van der Waals surface area contributed by atoms with E-state index in [9.17, 15) is 13.6 Å². The molecule has 0 unspecified atom stereocenters. The number of hydrogen-bond donors (Lipinski definition) is 3. The molecule has 1 aliphatic heterocycles. The Morgan fingerprint density at radius 2 is 1.63 bits per heavy atom. The molecule has 30 heavy (non-hydrogen) atoms. The SMILES string of the molecule is O=C(NCCO)NCCCN1C(c2ccc(F)cc2)=CS/C1=C\c1ccc(F)cc1. The number of nitrogens with one attached hydrogen (secondary N) is 2. The lowest BCUT2D eigenvalue weighted by Crippen LogP contribution is -2.38. The first-order valence-corrected chi connectivity index (χ1v) is 10.4. The van der Waals surface area contributed by atoms with Crippen LogP contribution in [0.2, 0.25) is 0 Å². The van der Waals surface area contributed by atoms with Crippen LogP contribution in [0.5, 0.6) is 0 Å². The van der Waals surface area contributed by atoms with Gasteiger partial charge in [-0.1, -0.05) is 23.9 Å². The summed E-state index contributed by atoms with van der Waals surface area (Å²) in [5, 5.41) is 17.0. The molecule has 8 heteroatoms. The molecule has 158 valence electrons. The number of rotatable bonds is 8. The van der Waals surface area contributed by atoms with Gasteiger partial charge in [0.15, 0.2) is 0 Å². The van der Waals surface area contributed by atoms with Crippen molar-refractivity contribution in [2.75, 3.05) is 26.2 Å².